The van der Waals surface area contributed by atoms with Gasteiger partial charge in [-0.3, -0.25) is 0 Å². The van der Waals surface area contributed by atoms with Crippen molar-refractivity contribution < 1.29 is 22.6 Å². The van der Waals surface area contributed by atoms with Gasteiger partial charge >= 0.3 is 6.18 Å². The van der Waals surface area contributed by atoms with Crippen LogP contribution in [0.3, 0.4) is 0 Å². The number of fused-ring (bicyclic) bond motifs is 1. The molecule has 0 aliphatic carbocycles. The number of nitrogens with one attached hydrogen (secondary N) is 1. The second kappa shape index (κ2) is 8.17. The molecule has 1 N–H and O–H groups in total. The van der Waals surface area contributed by atoms with Gasteiger partial charge in [0.15, 0.2) is 5.65 Å². The van der Waals surface area contributed by atoms with Gasteiger partial charge < -0.3 is 14.8 Å². The van der Waals surface area contributed by atoms with Crippen molar-refractivity contribution >= 4 is 11.5 Å². The number of hydrogen-bond acceptors (Lipinski definition) is 5. The van der Waals surface area contributed by atoms with Crippen molar-refractivity contribution in [3.8, 4) is 22.9 Å². The number of methoxy groups -OCH3 is 2. The van der Waals surface area contributed by atoms with Crippen LogP contribution >= 0.6 is 0 Å². The van der Waals surface area contributed by atoms with E-state index in [1.807, 2.05) is 24.3 Å². The maximum absolute atomic E-state index is 12.8. The van der Waals surface area contributed by atoms with Crippen LogP contribution in [0.2, 0.25) is 0 Å². The van der Waals surface area contributed by atoms with Crippen LogP contribution in [0.15, 0.2) is 60.7 Å². The number of ether oxygens (including phenoxy) is 2. The average Bonchev–Trinajstić information content (AvgIpc) is 3.15. The number of anilines is 1. The Kier molecular flexibility index (Phi) is 5.41. The Balaban J connectivity index is 1.62. The van der Waals surface area contributed by atoms with Gasteiger partial charge in [-0.1, -0.05) is 24.3 Å². The van der Waals surface area contributed by atoms with Gasteiger partial charge in [0.1, 0.15) is 17.3 Å². The highest BCUT2D eigenvalue weighted by atomic mass is 19.4. The minimum absolute atomic E-state index is 0.333. The van der Waals surface area contributed by atoms with Crippen LogP contribution in [0.1, 0.15) is 11.1 Å². The second-order valence-corrected chi connectivity index (χ2v) is 6.74. The summed E-state index contributed by atoms with van der Waals surface area (Å²) in [6, 6.07) is 16.0. The zero-order valence-electron chi connectivity index (χ0n) is 16.8. The molecular formula is C22H19F3N4O2. The van der Waals surface area contributed by atoms with E-state index in [0.717, 1.165) is 23.4 Å². The molecule has 2 heterocycles. The van der Waals surface area contributed by atoms with Crippen molar-refractivity contribution in [1.29, 1.82) is 0 Å². The maximum atomic E-state index is 12.8. The van der Waals surface area contributed by atoms with Gasteiger partial charge in [-0.05, 0) is 42.0 Å². The molecule has 0 radical (unpaired) electrons. The zero-order chi connectivity index (χ0) is 22.0. The molecule has 4 rings (SSSR count). The first kappa shape index (κ1) is 20.5. The Morgan fingerprint density at radius 3 is 2.42 bits per heavy atom. The van der Waals surface area contributed by atoms with Crippen LogP contribution in [0.25, 0.3) is 16.9 Å². The molecule has 160 valence electrons. The quantitative estimate of drug-likeness (QED) is 0.466. The molecule has 31 heavy (non-hydrogen) atoms. The van der Waals surface area contributed by atoms with E-state index in [4.69, 9.17) is 9.47 Å². The van der Waals surface area contributed by atoms with Crippen molar-refractivity contribution in [3.05, 3.63) is 71.8 Å². The molecule has 0 bridgehead atoms. The molecule has 0 saturated carbocycles. The summed E-state index contributed by atoms with van der Waals surface area (Å²) in [5.74, 6) is 1.69. The molecule has 4 aromatic rings. The van der Waals surface area contributed by atoms with E-state index in [1.165, 1.54) is 23.8 Å². The van der Waals surface area contributed by atoms with Crippen LogP contribution in [-0.2, 0) is 12.7 Å². The van der Waals surface area contributed by atoms with E-state index in [1.54, 1.807) is 19.2 Å². The molecule has 2 aromatic heterocycles. The lowest BCUT2D eigenvalue weighted by atomic mass is 10.1. The summed E-state index contributed by atoms with van der Waals surface area (Å²) in [5.41, 5.74) is 1.72. The average molecular weight is 428 g/mol. The van der Waals surface area contributed by atoms with E-state index in [9.17, 15) is 13.2 Å². The molecule has 0 unspecified atom stereocenters. The third-order valence-corrected chi connectivity index (χ3v) is 4.72. The number of benzene rings is 2. The lowest BCUT2D eigenvalue weighted by Crippen LogP contribution is -2.05. The highest BCUT2D eigenvalue weighted by Crippen LogP contribution is 2.34. The lowest BCUT2D eigenvalue weighted by Gasteiger charge is -2.09. The van der Waals surface area contributed by atoms with Crippen molar-refractivity contribution in [2.75, 3.05) is 19.5 Å². The van der Waals surface area contributed by atoms with Crippen LogP contribution in [-0.4, -0.2) is 28.8 Å². The summed E-state index contributed by atoms with van der Waals surface area (Å²) < 4.78 is 50.8. The van der Waals surface area contributed by atoms with Gasteiger partial charge in [0.2, 0.25) is 5.88 Å². The molecular weight excluding hydrogens is 409 g/mol. The fourth-order valence-electron chi connectivity index (χ4n) is 3.17. The molecule has 0 amide bonds. The molecule has 6 nitrogen and oxygen atoms in total. The molecule has 0 atom stereocenters. The molecule has 0 fully saturated rings. The van der Waals surface area contributed by atoms with Gasteiger partial charge in [0, 0.05) is 12.1 Å². The minimum Gasteiger partial charge on any atom is -0.497 e. The van der Waals surface area contributed by atoms with Crippen LogP contribution in [0.4, 0.5) is 19.0 Å². The standard InChI is InChI=1S/C22H19F3N4O2/c1-30-17-5-3-4-14(12-17)13-26-18-10-11-19-27-20(21(31-2)29(19)28-18)15-6-8-16(9-7-15)22(23,24)25/h3-12H,13H2,1-2H3,(H,26,28). The normalized spacial score (nSPS) is 11.5. The van der Waals surface area contributed by atoms with Crippen molar-refractivity contribution in [2.24, 2.45) is 0 Å². The molecule has 2 aromatic carbocycles. The van der Waals surface area contributed by atoms with Gasteiger partial charge in [0.05, 0.1) is 19.8 Å². The number of halogens is 3. The minimum atomic E-state index is -4.40. The summed E-state index contributed by atoms with van der Waals surface area (Å²) in [6.45, 7) is 0.526. The smallest absolute Gasteiger partial charge is 0.416 e. The summed E-state index contributed by atoms with van der Waals surface area (Å²) in [4.78, 5) is 4.48. The fourth-order valence-corrected chi connectivity index (χ4v) is 3.17. The van der Waals surface area contributed by atoms with Crippen molar-refractivity contribution in [3.63, 3.8) is 0 Å². The number of aromatic nitrogens is 3. The highest BCUT2D eigenvalue weighted by molar-refractivity contribution is 5.69. The molecule has 0 saturated heterocycles. The monoisotopic (exact) mass is 428 g/mol. The van der Waals surface area contributed by atoms with Crippen LogP contribution < -0.4 is 14.8 Å². The van der Waals surface area contributed by atoms with E-state index in [2.05, 4.69) is 15.4 Å². The van der Waals surface area contributed by atoms with Crippen molar-refractivity contribution in [2.45, 2.75) is 12.7 Å². The Morgan fingerprint density at radius 2 is 1.74 bits per heavy atom. The third kappa shape index (κ3) is 4.25. The Bertz CT molecular complexity index is 1200. The first-order chi connectivity index (χ1) is 14.9. The summed E-state index contributed by atoms with van der Waals surface area (Å²) in [7, 11) is 3.08. The fraction of sp³-hybridized carbons (Fsp3) is 0.182. The second-order valence-electron chi connectivity index (χ2n) is 6.74. The number of alkyl halides is 3. The van der Waals surface area contributed by atoms with Crippen LogP contribution in [0, 0.1) is 0 Å². The zero-order valence-corrected chi connectivity index (χ0v) is 16.8. The van der Waals surface area contributed by atoms with E-state index < -0.39 is 11.7 Å². The predicted octanol–water partition coefficient (Wildman–Crippen LogP) is 5.04. The highest BCUT2D eigenvalue weighted by Gasteiger charge is 2.30. The van der Waals surface area contributed by atoms with Crippen LogP contribution in [0.5, 0.6) is 11.6 Å². The Labute approximate surface area is 176 Å². The summed E-state index contributed by atoms with van der Waals surface area (Å²) in [6.07, 6.45) is -4.40. The van der Waals surface area contributed by atoms with Gasteiger partial charge in [-0.15, -0.1) is 5.10 Å². The number of nitrogens with zero attached hydrogens (tertiary/aromatic N) is 3. The first-order valence-corrected chi connectivity index (χ1v) is 9.37. The van der Waals surface area contributed by atoms with E-state index >= 15 is 0 Å². The molecule has 9 heteroatoms. The van der Waals surface area contributed by atoms with Gasteiger partial charge in [-0.25, -0.2) is 4.98 Å². The van der Waals surface area contributed by atoms with Gasteiger partial charge in [0.25, 0.3) is 0 Å². The maximum Gasteiger partial charge on any atom is 0.416 e. The predicted molar refractivity (Wildman–Crippen MR) is 110 cm³/mol. The summed E-state index contributed by atoms with van der Waals surface area (Å²) >= 11 is 0. The van der Waals surface area contributed by atoms with Gasteiger partial charge in [-0.2, -0.15) is 17.7 Å². The largest absolute Gasteiger partial charge is 0.497 e. The topological polar surface area (TPSA) is 60.7 Å². The molecule has 0 spiro atoms. The molecule has 0 aliphatic heterocycles. The third-order valence-electron chi connectivity index (χ3n) is 4.72. The molecule has 0 aliphatic rings. The van der Waals surface area contributed by atoms with E-state index in [0.29, 0.717) is 35.1 Å². The Hall–Kier alpha value is -3.75. The van der Waals surface area contributed by atoms with E-state index in [-0.39, 0.29) is 0 Å². The number of imidazole rings is 1. The Morgan fingerprint density at radius 1 is 0.968 bits per heavy atom. The summed E-state index contributed by atoms with van der Waals surface area (Å²) in [5, 5.41) is 7.75. The number of rotatable bonds is 6. The van der Waals surface area contributed by atoms with Crippen molar-refractivity contribution in [1.82, 2.24) is 14.6 Å². The first-order valence-electron chi connectivity index (χ1n) is 9.37. The lowest BCUT2D eigenvalue weighted by molar-refractivity contribution is -0.137. The SMILES string of the molecule is COc1cccc(CNc2ccc3nc(-c4ccc(C(F)(F)F)cc4)c(OC)n3n2)c1. The number of hydrogen-bond donors (Lipinski definition) is 1.